The first kappa shape index (κ1) is 19.5. The van der Waals surface area contributed by atoms with Crippen molar-refractivity contribution in [1.82, 2.24) is 9.78 Å². The summed E-state index contributed by atoms with van der Waals surface area (Å²) in [6.07, 6.45) is 1.61. The minimum Gasteiger partial charge on any atom is -0.279 e. The van der Waals surface area contributed by atoms with E-state index in [1.165, 1.54) is 11.3 Å². The van der Waals surface area contributed by atoms with Crippen LogP contribution in [0.1, 0.15) is 5.56 Å². The number of rotatable bonds is 6. The summed E-state index contributed by atoms with van der Waals surface area (Å²) < 4.78 is 31.4. The summed E-state index contributed by atoms with van der Waals surface area (Å²) in [6, 6.07) is 26.9. The van der Waals surface area contributed by atoms with Crippen LogP contribution in [0, 0.1) is 0 Å². The molecule has 0 unspecified atom stereocenters. The highest BCUT2D eigenvalue weighted by molar-refractivity contribution is 7.92. The summed E-state index contributed by atoms with van der Waals surface area (Å²) in [7, 11) is -3.86. The van der Waals surface area contributed by atoms with Crippen LogP contribution in [0.5, 0.6) is 0 Å². The van der Waals surface area contributed by atoms with Gasteiger partial charge in [0.05, 0.1) is 17.1 Å². The molecule has 3 aromatic carbocycles. The number of thiophene rings is 1. The summed E-state index contributed by atoms with van der Waals surface area (Å²) in [4.78, 5) is 0.976. The zero-order valence-electron chi connectivity index (χ0n) is 16.5. The summed E-state index contributed by atoms with van der Waals surface area (Å²) in [6.45, 7) is 0.489. The molecule has 0 radical (unpaired) electrons. The highest BCUT2D eigenvalue weighted by Crippen LogP contribution is 2.32. The molecule has 0 saturated heterocycles. The topological polar surface area (TPSA) is 64.0 Å². The maximum atomic E-state index is 13.5. The summed E-state index contributed by atoms with van der Waals surface area (Å²) >= 11 is 1.47. The zero-order valence-corrected chi connectivity index (χ0v) is 18.1. The molecule has 0 aliphatic carbocycles. The Morgan fingerprint density at radius 3 is 2.45 bits per heavy atom. The number of hydrogen-bond acceptors (Lipinski definition) is 4. The molecule has 7 heteroatoms. The van der Waals surface area contributed by atoms with E-state index in [1.807, 2.05) is 84.2 Å². The van der Waals surface area contributed by atoms with Gasteiger partial charge in [0, 0.05) is 11.6 Å². The summed E-state index contributed by atoms with van der Waals surface area (Å²) in [5.74, 6) is 0. The molecular formula is C24H19N3O2S2. The normalized spacial score (nSPS) is 11.6. The minimum atomic E-state index is -3.86. The molecular weight excluding hydrogens is 426 g/mol. The van der Waals surface area contributed by atoms with Crippen molar-refractivity contribution in [3.8, 4) is 10.6 Å². The molecule has 154 valence electrons. The molecule has 0 amide bonds. The fraction of sp³-hybridized carbons (Fsp3) is 0.0417. The maximum absolute atomic E-state index is 13.5. The SMILES string of the molecule is O=S(=O)(Nc1cccc2ccccc12)c1cn(Cc2ccccc2)nc1-c1cccs1. The summed E-state index contributed by atoms with van der Waals surface area (Å²) in [5.41, 5.74) is 2.05. The smallest absolute Gasteiger partial charge is 0.265 e. The fourth-order valence-electron chi connectivity index (χ4n) is 3.55. The number of aromatic nitrogens is 2. The van der Waals surface area contributed by atoms with Gasteiger partial charge in [-0.25, -0.2) is 8.42 Å². The summed E-state index contributed by atoms with van der Waals surface area (Å²) in [5, 5.41) is 8.37. The van der Waals surface area contributed by atoms with Gasteiger partial charge in [-0.2, -0.15) is 5.10 Å². The van der Waals surface area contributed by atoms with Gasteiger partial charge in [-0.1, -0.05) is 72.8 Å². The molecule has 0 atom stereocenters. The molecule has 0 bridgehead atoms. The first-order chi connectivity index (χ1) is 15.1. The Balaban J connectivity index is 1.57. The molecule has 5 nitrogen and oxygen atoms in total. The second-order valence-electron chi connectivity index (χ2n) is 7.13. The molecule has 0 aliphatic rings. The van der Waals surface area contributed by atoms with E-state index in [2.05, 4.69) is 9.82 Å². The van der Waals surface area contributed by atoms with Crippen molar-refractivity contribution < 1.29 is 8.42 Å². The van der Waals surface area contributed by atoms with Gasteiger partial charge in [0.25, 0.3) is 10.0 Å². The van der Waals surface area contributed by atoms with E-state index in [0.717, 1.165) is 21.2 Å². The largest absolute Gasteiger partial charge is 0.279 e. The van der Waals surface area contributed by atoms with Crippen LogP contribution in [-0.2, 0) is 16.6 Å². The average Bonchev–Trinajstić information content (AvgIpc) is 3.45. The van der Waals surface area contributed by atoms with Crippen LogP contribution in [0.25, 0.3) is 21.3 Å². The van der Waals surface area contributed by atoms with E-state index < -0.39 is 10.0 Å². The van der Waals surface area contributed by atoms with Gasteiger partial charge in [-0.05, 0) is 28.5 Å². The lowest BCUT2D eigenvalue weighted by Gasteiger charge is -2.10. The predicted octanol–water partition coefficient (Wildman–Crippen LogP) is 5.61. The van der Waals surface area contributed by atoms with Crippen LogP contribution < -0.4 is 4.72 Å². The lowest BCUT2D eigenvalue weighted by Crippen LogP contribution is -2.13. The molecule has 0 fully saturated rings. The van der Waals surface area contributed by atoms with E-state index in [9.17, 15) is 8.42 Å². The zero-order chi connectivity index (χ0) is 21.3. The third-order valence-corrected chi connectivity index (χ3v) is 7.24. The predicted molar refractivity (Wildman–Crippen MR) is 126 cm³/mol. The van der Waals surface area contributed by atoms with Crippen molar-refractivity contribution in [2.45, 2.75) is 11.4 Å². The first-order valence-corrected chi connectivity index (χ1v) is 12.1. The number of nitrogens with zero attached hydrogens (tertiary/aromatic N) is 2. The third kappa shape index (κ3) is 3.97. The molecule has 2 aromatic heterocycles. The second kappa shape index (κ2) is 8.02. The lowest BCUT2D eigenvalue weighted by atomic mass is 10.1. The van der Waals surface area contributed by atoms with Crippen LogP contribution >= 0.6 is 11.3 Å². The Kier molecular flexibility index (Phi) is 5.05. The van der Waals surface area contributed by atoms with Crippen molar-refractivity contribution in [2.24, 2.45) is 0 Å². The van der Waals surface area contributed by atoms with E-state index >= 15 is 0 Å². The van der Waals surface area contributed by atoms with Crippen LogP contribution in [0.3, 0.4) is 0 Å². The molecule has 5 rings (SSSR count). The second-order valence-corrected chi connectivity index (χ2v) is 9.73. The highest BCUT2D eigenvalue weighted by atomic mass is 32.2. The Bertz CT molecular complexity index is 1440. The Morgan fingerprint density at radius 1 is 0.871 bits per heavy atom. The van der Waals surface area contributed by atoms with Crippen LogP contribution in [-0.4, -0.2) is 18.2 Å². The van der Waals surface area contributed by atoms with Crippen molar-refractivity contribution >= 4 is 37.8 Å². The third-order valence-electron chi connectivity index (χ3n) is 4.99. The van der Waals surface area contributed by atoms with Gasteiger partial charge in [0.15, 0.2) is 0 Å². The quantitative estimate of drug-likeness (QED) is 0.369. The van der Waals surface area contributed by atoms with Gasteiger partial charge in [0.2, 0.25) is 0 Å². The Morgan fingerprint density at radius 2 is 1.65 bits per heavy atom. The van der Waals surface area contributed by atoms with Crippen molar-refractivity contribution in [3.05, 3.63) is 102 Å². The molecule has 2 heterocycles. The standard InChI is InChI=1S/C24H19N3O2S2/c28-31(29,26-21-13-6-11-19-10-4-5-12-20(19)21)23-17-27(16-18-8-2-1-3-9-18)25-24(23)22-14-7-15-30-22/h1-15,17,26H,16H2. The van der Waals surface area contributed by atoms with E-state index in [4.69, 9.17) is 0 Å². The number of nitrogens with one attached hydrogen (secondary N) is 1. The highest BCUT2D eigenvalue weighted by Gasteiger charge is 2.25. The minimum absolute atomic E-state index is 0.166. The Labute approximate surface area is 184 Å². The number of hydrogen-bond donors (Lipinski definition) is 1. The fourth-order valence-corrected chi connectivity index (χ4v) is 5.58. The maximum Gasteiger partial charge on any atom is 0.265 e. The number of fused-ring (bicyclic) bond motifs is 1. The molecule has 0 spiro atoms. The van der Waals surface area contributed by atoms with Gasteiger partial charge >= 0.3 is 0 Å². The molecule has 5 aromatic rings. The number of anilines is 1. The Hall–Kier alpha value is -3.42. The molecule has 0 aliphatic heterocycles. The lowest BCUT2D eigenvalue weighted by molar-refractivity contribution is 0.601. The molecule has 0 saturated carbocycles. The van der Waals surface area contributed by atoms with Crippen LogP contribution in [0.15, 0.2) is 101 Å². The first-order valence-electron chi connectivity index (χ1n) is 9.76. The number of benzene rings is 3. The van der Waals surface area contributed by atoms with Gasteiger partial charge in [-0.15, -0.1) is 11.3 Å². The van der Waals surface area contributed by atoms with E-state index in [0.29, 0.717) is 17.9 Å². The van der Waals surface area contributed by atoms with Crippen LogP contribution in [0.4, 0.5) is 5.69 Å². The molecule has 1 N–H and O–H groups in total. The monoisotopic (exact) mass is 445 g/mol. The van der Waals surface area contributed by atoms with E-state index in [-0.39, 0.29) is 4.90 Å². The van der Waals surface area contributed by atoms with E-state index in [1.54, 1.807) is 16.9 Å². The number of sulfonamides is 1. The van der Waals surface area contributed by atoms with Crippen molar-refractivity contribution in [1.29, 1.82) is 0 Å². The van der Waals surface area contributed by atoms with Gasteiger partial charge < -0.3 is 0 Å². The van der Waals surface area contributed by atoms with Crippen molar-refractivity contribution in [2.75, 3.05) is 4.72 Å². The average molecular weight is 446 g/mol. The van der Waals surface area contributed by atoms with Gasteiger partial charge in [-0.3, -0.25) is 9.40 Å². The van der Waals surface area contributed by atoms with Gasteiger partial charge in [0.1, 0.15) is 10.6 Å². The van der Waals surface area contributed by atoms with Crippen LogP contribution in [0.2, 0.25) is 0 Å². The molecule has 31 heavy (non-hydrogen) atoms. The van der Waals surface area contributed by atoms with Crippen molar-refractivity contribution in [3.63, 3.8) is 0 Å².